The fraction of sp³-hybridized carbons (Fsp3) is 0.316. The van der Waals surface area contributed by atoms with E-state index in [9.17, 15) is 9.18 Å². The van der Waals surface area contributed by atoms with Gasteiger partial charge in [-0.15, -0.1) is 0 Å². The second-order valence-corrected chi connectivity index (χ2v) is 6.06. The lowest BCUT2D eigenvalue weighted by Gasteiger charge is -2.32. The molecule has 1 atom stereocenters. The minimum absolute atomic E-state index is 0.00261. The quantitative estimate of drug-likeness (QED) is 0.802. The first-order valence-corrected chi connectivity index (χ1v) is 8.28. The lowest BCUT2D eigenvalue weighted by atomic mass is 10.1. The number of carbonyl (C=O) groups excluding carboxylic acids is 1. The van der Waals surface area contributed by atoms with Gasteiger partial charge in [-0.25, -0.2) is 14.4 Å². The summed E-state index contributed by atoms with van der Waals surface area (Å²) < 4.78 is 18.5. The smallest absolute Gasteiger partial charge is 0.316 e. The number of likely N-dealkylation sites (tertiary alicyclic amines) is 1. The van der Waals surface area contributed by atoms with Gasteiger partial charge in [-0.1, -0.05) is 30.3 Å². The van der Waals surface area contributed by atoms with E-state index in [1.54, 1.807) is 4.90 Å². The molecule has 1 saturated heterocycles. The summed E-state index contributed by atoms with van der Waals surface area (Å²) in [5, 5.41) is 0. The van der Waals surface area contributed by atoms with E-state index >= 15 is 0 Å². The first-order valence-electron chi connectivity index (χ1n) is 8.28. The van der Waals surface area contributed by atoms with Crippen molar-refractivity contribution < 1.29 is 13.9 Å². The Labute approximate surface area is 146 Å². The van der Waals surface area contributed by atoms with Crippen molar-refractivity contribution >= 4 is 12.0 Å². The molecular weight excluding hydrogens is 321 g/mol. The molecule has 1 amide bonds. The van der Waals surface area contributed by atoms with Crippen LogP contribution in [0.25, 0.3) is 6.08 Å². The molecule has 0 saturated carbocycles. The predicted molar refractivity (Wildman–Crippen MR) is 92.3 cm³/mol. The van der Waals surface area contributed by atoms with E-state index in [4.69, 9.17) is 4.74 Å². The Hall–Kier alpha value is -2.76. The van der Waals surface area contributed by atoms with Crippen LogP contribution in [0.4, 0.5) is 4.39 Å². The number of rotatable bonds is 4. The molecule has 1 unspecified atom stereocenters. The average Bonchev–Trinajstić information content (AvgIpc) is 2.64. The molecule has 2 heterocycles. The Morgan fingerprint density at radius 3 is 2.72 bits per heavy atom. The van der Waals surface area contributed by atoms with Gasteiger partial charge in [0.25, 0.3) is 0 Å². The molecule has 0 spiro atoms. The maximum Gasteiger partial charge on any atom is 0.316 e. The molecule has 1 aromatic heterocycles. The number of benzene rings is 1. The predicted octanol–water partition coefficient (Wildman–Crippen LogP) is 3.09. The van der Waals surface area contributed by atoms with Crippen molar-refractivity contribution in [2.75, 3.05) is 13.1 Å². The summed E-state index contributed by atoms with van der Waals surface area (Å²) in [6.07, 6.45) is 5.49. The lowest BCUT2D eigenvalue weighted by molar-refractivity contribution is -0.129. The van der Waals surface area contributed by atoms with E-state index in [0.29, 0.717) is 18.7 Å². The van der Waals surface area contributed by atoms with Crippen LogP contribution in [0.2, 0.25) is 0 Å². The van der Waals surface area contributed by atoms with Gasteiger partial charge in [0.1, 0.15) is 6.10 Å². The van der Waals surface area contributed by atoms with Crippen LogP contribution < -0.4 is 4.74 Å². The largest absolute Gasteiger partial charge is 0.458 e. The van der Waals surface area contributed by atoms with Crippen LogP contribution in [0, 0.1) is 5.82 Å². The topological polar surface area (TPSA) is 55.3 Å². The van der Waals surface area contributed by atoms with Gasteiger partial charge >= 0.3 is 6.01 Å². The Morgan fingerprint density at radius 2 is 2.00 bits per heavy atom. The zero-order chi connectivity index (χ0) is 17.6. The van der Waals surface area contributed by atoms with Crippen LogP contribution in [-0.2, 0) is 4.79 Å². The van der Waals surface area contributed by atoms with Crippen molar-refractivity contribution in [3.05, 3.63) is 59.7 Å². The summed E-state index contributed by atoms with van der Waals surface area (Å²) in [6.45, 7) is 2.99. The van der Waals surface area contributed by atoms with Gasteiger partial charge in [0.05, 0.1) is 18.9 Å². The third kappa shape index (κ3) is 4.62. The third-order valence-corrected chi connectivity index (χ3v) is 4.05. The number of nitrogens with zero attached hydrogens (tertiary/aromatic N) is 3. The van der Waals surface area contributed by atoms with Crippen molar-refractivity contribution in [1.29, 1.82) is 0 Å². The summed E-state index contributed by atoms with van der Waals surface area (Å²) in [4.78, 5) is 22.1. The van der Waals surface area contributed by atoms with Crippen LogP contribution in [-0.4, -0.2) is 40.0 Å². The first kappa shape index (κ1) is 17.1. The summed E-state index contributed by atoms with van der Waals surface area (Å²) in [5.41, 5.74) is 1.68. The Kier molecular flexibility index (Phi) is 5.38. The molecule has 1 aromatic carbocycles. The number of ether oxygens (including phenoxy) is 1. The van der Waals surface area contributed by atoms with Gasteiger partial charge < -0.3 is 9.64 Å². The summed E-state index contributed by atoms with van der Waals surface area (Å²) in [6, 6.07) is 9.89. The molecule has 1 fully saturated rings. The normalized spacial score (nSPS) is 18.1. The molecule has 1 aliphatic rings. The van der Waals surface area contributed by atoms with E-state index in [1.165, 1.54) is 0 Å². The maximum absolute atomic E-state index is 12.9. The number of hydrogen-bond donors (Lipinski definition) is 0. The van der Waals surface area contributed by atoms with E-state index in [-0.39, 0.29) is 18.0 Å². The maximum atomic E-state index is 12.9. The third-order valence-electron chi connectivity index (χ3n) is 4.05. The molecule has 130 valence electrons. The number of aromatic nitrogens is 2. The van der Waals surface area contributed by atoms with E-state index in [1.807, 2.05) is 43.3 Å². The molecular formula is C19H20FN3O2. The minimum atomic E-state index is -0.505. The highest BCUT2D eigenvalue weighted by Crippen LogP contribution is 2.18. The summed E-state index contributed by atoms with van der Waals surface area (Å²) in [7, 11) is 0. The van der Waals surface area contributed by atoms with Crippen LogP contribution in [0.15, 0.2) is 48.3 Å². The van der Waals surface area contributed by atoms with E-state index in [0.717, 1.165) is 30.8 Å². The second-order valence-electron chi connectivity index (χ2n) is 6.06. The number of amides is 1. The van der Waals surface area contributed by atoms with Crippen molar-refractivity contribution in [3.63, 3.8) is 0 Å². The van der Waals surface area contributed by atoms with Gasteiger partial charge in [-0.3, -0.25) is 4.79 Å². The number of piperidine rings is 1. The van der Waals surface area contributed by atoms with Crippen LogP contribution in [0.3, 0.4) is 0 Å². The zero-order valence-corrected chi connectivity index (χ0v) is 14.1. The molecule has 0 radical (unpaired) electrons. The van der Waals surface area contributed by atoms with Crippen LogP contribution in [0.1, 0.15) is 25.3 Å². The molecule has 2 aromatic rings. The van der Waals surface area contributed by atoms with Gasteiger partial charge in [-0.05, 0) is 31.4 Å². The first-order chi connectivity index (χ1) is 12.1. The van der Waals surface area contributed by atoms with Gasteiger partial charge in [0.2, 0.25) is 5.91 Å². The molecule has 6 heteroatoms. The highest BCUT2D eigenvalue weighted by Gasteiger charge is 2.26. The summed E-state index contributed by atoms with van der Waals surface area (Å²) in [5.74, 6) is -0.508. The van der Waals surface area contributed by atoms with E-state index < -0.39 is 5.82 Å². The Bertz CT molecular complexity index is 747. The van der Waals surface area contributed by atoms with Crippen LogP contribution in [0.5, 0.6) is 6.01 Å². The highest BCUT2D eigenvalue weighted by atomic mass is 19.1. The Balaban J connectivity index is 1.63. The standard InChI is InChI=1S/C19H20FN3O2/c1-14(10-15-6-3-2-4-7-15)18(24)23-9-5-8-17(13-23)25-19-21-11-16(20)12-22-19/h2-4,6-7,10-12,17H,5,8-9,13H2,1H3/b14-10+. The molecule has 5 nitrogen and oxygen atoms in total. The van der Waals surface area contributed by atoms with Crippen LogP contribution >= 0.6 is 0 Å². The van der Waals surface area contributed by atoms with Gasteiger partial charge in [0.15, 0.2) is 5.82 Å². The van der Waals surface area contributed by atoms with Crippen molar-refractivity contribution in [2.45, 2.75) is 25.9 Å². The van der Waals surface area contributed by atoms with Crippen molar-refractivity contribution in [3.8, 4) is 6.01 Å². The monoisotopic (exact) mass is 341 g/mol. The fourth-order valence-corrected chi connectivity index (χ4v) is 2.84. The van der Waals surface area contributed by atoms with E-state index in [2.05, 4.69) is 9.97 Å². The molecule has 1 aliphatic heterocycles. The minimum Gasteiger partial charge on any atom is -0.458 e. The summed E-state index contributed by atoms with van der Waals surface area (Å²) >= 11 is 0. The number of carbonyl (C=O) groups is 1. The lowest BCUT2D eigenvalue weighted by Crippen LogP contribution is -2.44. The second kappa shape index (κ2) is 7.88. The number of halogens is 1. The molecule has 25 heavy (non-hydrogen) atoms. The number of hydrogen-bond acceptors (Lipinski definition) is 4. The van der Waals surface area contributed by atoms with Crippen molar-refractivity contribution in [1.82, 2.24) is 14.9 Å². The molecule has 0 bridgehead atoms. The SMILES string of the molecule is C/C(=C\c1ccccc1)C(=O)N1CCCC(Oc2ncc(F)cn2)C1. The fourth-order valence-electron chi connectivity index (χ4n) is 2.84. The zero-order valence-electron chi connectivity index (χ0n) is 14.1. The van der Waals surface area contributed by atoms with Gasteiger partial charge in [-0.2, -0.15) is 0 Å². The average molecular weight is 341 g/mol. The molecule has 0 aliphatic carbocycles. The van der Waals surface area contributed by atoms with Crippen molar-refractivity contribution in [2.24, 2.45) is 0 Å². The Morgan fingerprint density at radius 1 is 1.28 bits per heavy atom. The highest BCUT2D eigenvalue weighted by molar-refractivity contribution is 5.97. The van der Waals surface area contributed by atoms with Gasteiger partial charge in [0, 0.05) is 12.1 Å². The molecule has 3 rings (SSSR count). The molecule has 0 N–H and O–H groups in total.